The molecule has 0 bridgehead atoms. The van der Waals surface area contributed by atoms with Gasteiger partial charge in [0, 0.05) is 19.1 Å². The highest BCUT2D eigenvalue weighted by Gasteiger charge is 2.19. The van der Waals surface area contributed by atoms with Gasteiger partial charge in [0.15, 0.2) is 0 Å². The van der Waals surface area contributed by atoms with Crippen molar-refractivity contribution in [2.45, 2.75) is 25.3 Å². The van der Waals surface area contributed by atoms with Gasteiger partial charge >= 0.3 is 0 Å². The van der Waals surface area contributed by atoms with Crippen LogP contribution >= 0.6 is 0 Å². The molecule has 0 heterocycles. The van der Waals surface area contributed by atoms with E-state index in [0.717, 1.165) is 37.8 Å². The SMILES string of the molecule is COc1ccccc1CCNCCNC1CC1. The average Bonchev–Trinajstić information content (AvgIpc) is 3.18. The van der Waals surface area contributed by atoms with Crippen LogP contribution in [0.1, 0.15) is 18.4 Å². The molecule has 94 valence electrons. The summed E-state index contributed by atoms with van der Waals surface area (Å²) in [4.78, 5) is 0. The summed E-state index contributed by atoms with van der Waals surface area (Å²) in [6.45, 7) is 3.13. The van der Waals surface area contributed by atoms with E-state index >= 15 is 0 Å². The summed E-state index contributed by atoms with van der Waals surface area (Å²) in [6, 6.07) is 9.03. The molecule has 1 aromatic rings. The zero-order chi connectivity index (χ0) is 11.9. The standard InChI is InChI=1S/C14H22N2O/c1-17-14-5-3-2-4-12(14)8-9-15-10-11-16-13-6-7-13/h2-5,13,15-16H,6-11H2,1H3. The Balaban J connectivity index is 1.59. The third-order valence-corrected chi connectivity index (χ3v) is 3.08. The zero-order valence-electron chi connectivity index (χ0n) is 10.5. The first-order valence-electron chi connectivity index (χ1n) is 6.46. The van der Waals surface area contributed by atoms with Gasteiger partial charge in [-0.1, -0.05) is 18.2 Å². The molecular formula is C14H22N2O. The predicted molar refractivity (Wildman–Crippen MR) is 70.6 cm³/mol. The number of benzene rings is 1. The molecule has 3 heteroatoms. The fourth-order valence-corrected chi connectivity index (χ4v) is 1.91. The predicted octanol–water partition coefficient (Wildman–Crippen LogP) is 1.58. The van der Waals surface area contributed by atoms with E-state index in [1.54, 1.807) is 7.11 Å². The molecule has 2 N–H and O–H groups in total. The van der Waals surface area contributed by atoms with E-state index in [1.165, 1.54) is 18.4 Å². The van der Waals surface area contributed by atoms with Crippen LogP contribution < -0.4 is 15.4 Å². The van der Waals surface area contributed by atoms with Gasteiger partial charge in [-0.3, -0.25) is 0 Å². The summed E-state index contributed by atoms with van der Waals surface area (Å²) in [7, 11) is 1.73. The lowest BCUT2D eigenvalue weighted by Crippen LogP contribution is -2.29. The third-order valence-electron chi connectivity index (χ3n) is 3.08. The Morgan fingerprint density at radius 3 is 2.76 bits per heavy atom. The highest BCUT2D eigenvalue weighted by molar-refractivity contribution is 5.33. The third kappa shape index (κ3) is 4.36. The minimum absolute atomic E-state index is 0.811. The van der Waals surface area contributed by atoms with Crippen LogP contribution in [-0.4, -0.2) is 32.8 Å². The molecule has 1 saturated carbocycles. The topological polar surface area (TPSA) is 33.3 Å². The smallest absolute Gasteiger partial charge is 0.122 e. The van der Waals surface area contributed by atoms with Gasteiger partial charge < -0.3 is 15.4 Å². The summed E-state index contributed by atoms with van der Waals surface area (Å²) in [5.74, 6) is 0.991. The Morgan fingerprint density at radius 1 is 1.18 bits per heavy atom. The molecule has 0 amide bonds. The van der Waals surface area contributed by atoms with Gasteiger partial charge in [0.05, 0.1) is 7.11 Å². The number of hydrogen-bond donors (Lipinski definition) is 2. The summed E-state index contributed by atoms with van der Waals surface area (Å²) in [5.41, 5.74) is 1.28. The number of methoxy groups -OCH3 is 1. The summed E-state index contributed by atoms with van der Waals surface area (Å²) < 4.78 is 5.32. The van der Waals surface area contributed by atoms with Crippen molar-refractivity contribution in [3.8, 4) is 5.75 Å². The highest BCUT2D eigenvalue weighted by atomic mass is 16.5. The van der Waals surface area contributed by atoms with Gasteiger partial charge in [-0.25, -0.2) is 0 Å². The van der Waals surface area contributed by atoms with Crippen molar-refractivity contribution >= 4 is 0 Å². The Labute approximate surface area is 104 Å². The van der Waals surface area contributed by atoms with E-state index in [0.29, 0.717) is 0 Å². The van der Waals surface area contributed by atoms with Crippen LogP contribution in [0.2, 0.25) is 0 Å². The number of ether oxygens (including phenoxy) is 1. The van der Waals surface area contributed by atoms with Crippen molar-refractivity contribution in [1.29, 1.82) is 0 Å². The van der Waals surface area contributed by atoms with Crippen LogP contribution in [0.15, 0.2) is 24.3 Å². The summed E-state index contributed by atoms with van der Waals surface area (Å²) in [5, 5.41) is 6.94. The molecule has 17 heavy (non-hydrogen) atoms. The molecule has 1 aliphatic carbocycles. The molecule has 0 atom stereocenters. The molecular weight excluding hydrogens is 212 g/mol. The fraction of sp³-hybridized carbons (Fsp3) is 0.571. The van der Waals surface area contributed by atoms with E-state index in [9.17, 15) is 0 Å². The zero-order valence-corrected chi connectivity index (χ0v) is 10.5. The van der Waals surface area contributed by atoms with Gasteiger partial charge in [0.2, 0.25) is 0 Å². The van der Waals surface area contributed by atoms with Crippen LogP contribution in [-0.2, 0) is 6.42 Å². The first-order valence-corrected chi connectivity index (χ1v) is 6.46. The van der Waals surface area contributed by atoms with Crippen molar-refractivity contribution in [1.82, 2.24) is 10.6 Å². The highest BCUT2D eigenvalue weighted by Crippen LogP contribution is 2.18. The second-order valence-electron chi connectivity index (χ2n) is 4.54. The first-order chi connectivity index (χ1) is 8.40. The van der Waals surface area contributed by atoms with Crippen molar-refractivity contribution in [3.05, 3.63) is 29.8 Å². The maximum atomic E-state index is 5.32. The lowest BCUT2D eigenvalue weighted by molar-refractivity contribution is 0.409. The van der Waals surface area contributed by atoms with E-state index in [1.807, 2.05) is 12.1 Å². The largest absolute Gasteiger partial charge is 0.496 e. The Hall–Kier alpha value is -1.06. The molecule has 0 aromatic heterocycles. The van der Waals surface area contributed by atoms with E-state index in [4.69, 9.17) is 4.74 Å². The van der Waals surface area contributed by atoms with Gasteiger partial charge in [-0.05, 0) is 37.4 Å². The van der Waals surface area contributed by atoms with Crippen molar-refractivity contribution < 1.29 is 4.74 Å². The van der Waals surface area contributed by atoms with Crippen molar-refractivity contribution in [3.63, 3.8) is 0 Å². The molecule has 1 fully saturated rings. The Kier molecular flexibility index (Phi) is 4.83. The number of rotatable bonds is 8. The van der Waals surface area contributed by atoms with Crippen LogP contribution in [0.5, 0.6) is 5.75 Å². The van der Waals surface area contributed by atoms with Crippen LogP contribution in [0.4, 0.5) is 0 Å². The van der Waals surface area contributed by atoms with Crippen LogP contribution in [0, 0.1) is 0 Å². The Bertz CT molecular complexity index is 337. The molecule has 0 unspecified atom stereocenters. The Morgan fingerprint density at radius 2 is 2.00 bits per heavy atom. The molecule has 1 aliphatic rings. The molecule has 0 spiro atoms. The number of hydrogen-bond acceptors (Lipinski definition) is 3. The van der Waals surface area contributed by atoms with Gasteiger partial charge in [0.25, 0.3) is 0 Å². The second-order valence-corrected chi connectivity index (χ2v) is 4.54. The molecule has 0 aliphatic heterocycles. The van der Waals surface area contributed by atoms with E-state index < -0.39 is 0 Å². The number of nitrogens with one attached hydrogen (secondary N) is 2. The van der Waals surface area contributed by atoms with Crippen LogP contribution in [0.3, 0.4) is 0 Å². The lowest BCUT2D eigenvalue weighted by Gasteiger charge is -2.09. The van der Waals surface area contributed by atoms with E-state index in [2.05, 4.69) is 22.8 Å². The normalized spacial score (nSPS) is 14.9. The average molecular weight is 234 g/mol. The van der Waals surface area contributed by atoms with Crippen LogP contribution in [0.25, 0.3) is 0 Å². The van der Waals surface area contributed by atoms with Crippen molar-refractivity contribution in [2.75, 3.05) is 26.7 Å². The maximum absolute atomic E-state index is 5.32. The lowest BCUT2D eigenvalue weighted by atomic mass is 10.1. The molecule has 1 aromatic carbocycles. The minimum atomic E-state index is 0.811. The molecule has 0 radical (unpaired) electrons. The number of para-hydroxylation sites is 1. The minimum Gasteiger partial charge on any atom is -0.496 e. The molecule has 0 saturated heterocycles. The first kappa shape index (κ1) is 12.4. The van der Waals surface area contributed by atoms with Crippen molar-refractivity contribution in [2.24, 2.45) is 0 Å². The summed E-state index contributed by atoms with van der Waals surface area (Å²) in [6.07, 6.45) is 3.75. The molecule has 2 rings (SSSR count). The maximum Gasteiger partial charge on any atom is 0.122 e. The summed E-state index contributed by atoms with van der Waals surface area (Å²) >= 11 is 0. The van der Waals surface area contributed by atoms with Gasteiger partial charge in [-0.15, -0.1) is 0 Å². The van der Waals surface area contributed by atoms with Gasteiger partial charge in [0.1, 0.15) is 5.75 Å². The quantitative estimate of drug-likeness (QED) is 0.670. The van der Waals surface area contributed by atoms with Gasteiger partial charge in [-0.2, -0.15) is 0 Å². The monoisotopic (exact) mass is 234 g/mol. The molecule has 3 nitrogen and oxygen atoms in total. The van der Waals surface area contributed by atoms with E-state index in [-0.39, 0.29) is 0 Å². The fourth-order valence-electron chi connectivity index (χ4n) is 1.91. The second kappa shape index (κ2) is 6.62.